The molecule has 0 bridgehead atoms. The van der Waals surface area contributed by atoms with Gasteiger partial charge in [0.2, 0.25) is 0 Å². The molecule has 1 unspecified atom stereocenters. The van der Waals surface area contributed by atoms with Crippen molar-refractivity contribution in [1.29, 1.82) is 0 Å². The van der Waals surface area contributed by atoms with Crippen LogP contribution in [0.15, 0.2) is 48.5 Å². The lowest BCUT2D eigenvalue weighted by Gasteiger charge is -2.19. The van der Waals surface area contributed by atoms with Crippen molar-refractivity contribution in [2.45, 2.75) is 96.0 Å². The van der Waals surface area contributed by atoms with Gasteiger partial charge in [0.1, 0.15) is 80.7 Å². The molecule has 0 aromatic heterocycles. The number of hydrogen-bond acceptors (Lipinski definition) is 4. The number of alkyl halides is 9. The fourth-order valence-electron chi connectivity index (χ4n) is 6.17. The van der Waals surface area contributed by atoms with E-state index in [1.54, 1.807) is 0 Å². The zero-order chi connectivity index (χ0) is 48.0. The maximum atomic E-state index is 14.6. The molecule has 0 fully saturated rings. The molecule has 21 heteroatoms. The van der Waals surface area contributed by atoms with E-state index in [9.17, 15) is 74.6 Å². The third kappa shape index (κ3) is 16.8. The summed E-state index contributed by atoms with van der Waals surface area (Å²) in [7, 11) is 0. The van der Waals surface area contributed by atoms with Crippen molar-refractivity contribution in [3.63, 3.8) is 0 Å². The van der Waals surface area contributed by atoms with Crippen LogP contribution in [0, 0.1) is 52.5 Å². The van der Waals surface area contributed by atoms with Crippen molar-refractivity contribution >= 4 is 0 Å². The highest BCUT2D eigenvalue weighted by Gasteiger charge is 2.40. The summed E-state index contributed by atoms with van der Waals surface area (Å²) >= 11 is 0. The molecule has 0 saturated heterocycles. The number of phenolic OH excluding ortho intramolecular Hbond substituents is 1. The largest absolute Gasteiger partial charge is 0.508 e. The summed E-state index contributed by atoms with van der Waals surface area (Å²) < 4.78 is 239. The van der Waals surface area contributed by atoms with Crippen LogP contribution in [0.4, 0.5) is 74.6 Å². The normalized spacial score (nSPS) is 12.5. The van der Waals surface area contributed by atoms with Gasteiger partial charge in [0.05, 0.1) is 26.3 Å². The molecule has 4 nitrogen and oxygen atoms in total. The van der Waals surface area contributed by atoms with Gasteiger partial charge in [-0.25, -0.2) is 35.1 Å². The monoisotopic (exact) mass is 944 g/mol. The smallest absolute Gasteiger partial charge is 0.422 e. The molecule has 0 aliphatic rings. The molecule has 0 amide bonds. The Kier molecular flexibility index (Phi) is 19.7. The van der Waals surface area contributed by atoms with E-state index >= 15 is 0 Å². The zero-order valence-electron chi connectivity index (χ0n) is 33.7. The number of ether oxygens (including phenoxy) is 3. The molecule has 4 rings (SSSR count). The van der Waals surface area contributed by atoms with E-state index in [1.165, 1.54) is 0 Å². The first-order valence-electron chi connectivity index (χ1n) is 19.5. The Hall–Kier alpha value is -5.11. The second kappa shape index (κ2) is 23.7. The zero-order valence-corrected chi connectivity index (χ0v) is 33.7. The molecule has 0 aliphatic carbocycles. The fourth-order valence-corrected chi connectivity index (χ4v) is 6.17. The lowest BCUT2D eigenvalue weighted by Crippen LogP contribution is -2.26. The fraction of sp³-hybridized carbons (Fsp3) is 0.442. The third-order valence-corrected chi connectivity index (χ3v) is 9.34. The van der Waals surface area contributed by atoms with Crippen molar-refractivity contribution in [3.05, 3.63) is 117 Å². The number of hydrogen-bond donors (Lipinski definition) is 1. The van der Waals surface area contributed by atoms with Gasteiger partial charge in [-0.3, -0.25) is 4.39 Å². The van der Waals surface area contributed by atoms with Crippen LogP contribution >= 0.6 is 0 Å². The van der Waals surface area contributed by atoms with E-state index < -0.39 is 113 Å². The molecular formula is C43H41F17O4. The molecule has 1 N–H and O–H groups in total. The van der Waals surface area contributed by atoms with Gasteiger partial charge in [0.15, 0.2) is 0 Å². The van der Waals surface area contributed by atoms with Crippen LogP contribution in [0.3, 0.4) is 0 Å². The molecule has 0 radical (unpaired) electrons. The average Bonchev–Trinajstić information content (AvgIpc) is 3.13. The second-order valence-corrected chi connectivity index (χ2v) is 14.5. The summed E-state index contributed by atoms with van der Waals surface area (Å²) in [5.74, 6) is -13.8. The van der Waals surface area contributed by atoms with Crippen LogP contribution in [0.25, 0.3) is 0 Å². The third-order valence-electron chi connectivity index (χ3n) is 9.34. The molecule has 0 spiro atoms. The van der Waals surface area contributed by atoms with E-state index in [2.05, 4.69) is 11.7 Å². The summed E-state index contributed by atoms with van der Waals surface area (Å²) in [4.78, 5) is 0. The lowest BCUT2D eigenvalue weighted by atomic mass is 9.97. The minimum Gasteiger partial charge on any atom is -0.508 e. The molecule has 0 aliphatic heterocycles. The first kappa shape index (κ1) is 53.2. The first-order chi connectivity index (χ1) is 29.8. The standard InChI is InChI=1S/C36H38F12O3.C7H3F5O/c1-22(9-5-3-7-15-50-24-18-30(40)27(11-13-37)31(41)19-24)8-4-2-6-14-49-23-16-28(38)26(29(39)17-23)10-12-35(44,45)51-25-20-32(42)34(33(43)21-25)36(46,47)48;8-4-1-3(13)2-5(9)6(4)7(10,11)12/h16-22H,2-15H2,1H3;1-2,13H. The van der Waals surface area contributed by atoms with Crippen molar-refractivity contribution in [3.8, 4) is 23.0 Å². The maximum absolute atomic E-state index is 14.6. The molecule has 4 aromatic carbocycles. The average molecular weight is 945 g/mol. The quantitative estimate of drug-likeness (QED) is 0.0668. The minimum atomic E-state index is -5.41. The molecule has 1 atom stereocenters. The summed E-state index contributed by atoms with van der Waals surface area (Å²) in [6.45, 7) is 1.69. The maximum Gasteiger partial charge on any atom is 0.422 e. The Balaban J connectivity index is 0.000000715. The first-order valence-corrected chi connectivity index (χ1v) is 19.5. The van der Waals surface area contributed by atoms with Gasteiger partial charge in [-0.05, 0) is 25.2 Å². The van der Waals surface area contributed by atoms with Crippen LogP contribution in [0.5, 0.6) is 23.0 Å². The van der Waals surface area contributed by atoms with Crippen molar-refractivity contribution in [1.82, 2.24) is 0 Å². The molecule has 64 heavy (non-hydrogen) atoms. The van der Waals surface area contributed by atoms with Gasteiger partial charge in [-0.2, -0.15) is 35.1 Å². The lowest BCUT2D eigenvalue weighted by molar-refractivity contribution is -0.180. The van der Waals surface area contributed by atoms with Crippen molar-refractivity contribution < 1.29 is 94.0 Å². The Labute approximate surface area is 355 Å². The van der Waals surface area contributed by atoms with Gasteiger partial charge < -0.3 is 19.3 Å². The summed E-state index contributed by atoms with van der Waals surface area (Å²) in [5.41, 5.74) is -5.30. The highest BCUT2D eigenvalue weighted by atomic mass is 19.4. The molecule has 356 valence electrons. The van der Waals surface area contributed by atoms with E-state index in [0.717, 1.165) is 62.8 Å². The topological polar surface area (TPSA) is 47.9 Å². The number of aromatic hydroxyl groups is 1. The van der Waals surface area contributed by atoms with Crippen molar-refractivity contribution in [2.24, 2.45) is 5.92 Å². The Bertz CT molecular complexity index is 2030. The van der Waals surface area contributed by atoms with Gasteiger partial charge in [-0.1, -0.05) is 45.4 Å². The Morgan fingerprint density at radius 3 is 1.22 bits per heavy atom. The SMILES string of the molecule is CC(CCCCCOc1cc(F)c(CCF)c(F)c1)CCCCCOc1cc(F)c(CCC(F)(F)Oc2cc(F)c(C(F)(F)F)c(F)c2)c(F)c1.Oc1cc(F)c(C(F)(F)F)c(F)c1. The Morgan fingerprint density at radius 1 is 0.484 bits per heavy atom. The minimum absolute atomic E-state index is 0.0613. The van der Waals surface area contributed by atoms with E-state index in [0.29, 0.717) is 25.4 Å². The van der Waals surface area contributed by atoms with Crippen molar-refractivity contribution in [2.75, 3.05) is 19.9 Å². The van der Waals surface area contributed by atoms with E-state index in [4.69, 9.17) is 14.6 Å². The van der Waals surface area contributed by atoms with Crippen LogP contribution in [-0.4, -0.2) is 31.1 Å². The molecule has 0 heterocycles. The van der Waals surface area contributed by atoms with Crippen LogP contribution in [-0.2, 0) is 25.2 Å². The summed E-state index contributed by atoms with van der Waals surface area (Å²) in [6, 6.07) is 4.03. The van der Waals surface area contributed by atoms with Gasteiger partial charge in [0, 0.05) is 66.1 Å². The summed E-state index contributed by atoms with van der Waals surface area (Å²) in [6.07, 6.45) is -10.7. The van der Waals surface area contributed by atoms with Crippen LogP contribution in [0.2, 0.25) is 0 Å². The highest BCUT2D eigenvalue weighted by molar-refractivity contribution is 5.34. The molecular weight excluding hydrogens is 903 g/mol. The van der Waals surface area contributed by atoms with Crippen LogP contribution in [0.1, 0.15) is 87.0 Å². The summed E-state index contributed by atoms with van der Waals surface area (Å²) in [5, 5.41) is 8.54. The second-order valence-electron chi connectivity index (χ2n) is 14.5. The number of rotatable bonds is 21. The number of benzene rings is 4. The number of phenols is 1. The van der Waals surface area contributed by atoms with Gasteiger partial charge in [-0.15, -0.1) is 0 Å². The highest BCUT2D eigenvalue weighted by Crippen LogP contribution is 2.38. The Morgan fingerprint density at radius 2 is 0.844 bits per heavy atom. The van der Waals surface area contributed by atoms with Crippen LogP contribution < -0.4 is 14.2 Å². The van der Waals surface area contributed by atoms with E-state index in [-0.39, 0.29) is 54.4 Å². The van der Waals surface area contributed by atoms with E-state index in [1.807, 2.05) is 0 Å². The van der Waals surface area contributed by atoms with Gasteiger partial charge >= 0.3 is 18.5 Å². The molecule has 4 aromatic rings. The predicted molar refractivity (Wildman–Crippen MR) is 198 cm³/mol. The predicted octanol–water partition coefficient (Wildman–Crippen LogP) is 14.6. The molecule has 0 saturated carbocycles. The van der Waals surface area contributed by atoms with Gasteiger partial charge in [0.25, 0.3) is 0 Å². The number of halogens is 17. The number of unbranched alkanes of at least 4 members (excludes halogenated alkanes) is 4.